The van der Waals surface area contributed by atoms with Crippen molar-refractivity contribution in [2.75, 3.05) is 0 Å². The minimum atomic E-state index is -0.572. The van der Waals surface area contributed by atoms with Gasteiger partial charge in [0.05, 0.1) is 10.9 Å². The quantitative estimate of drug-likeness (QED) is 0.724. The molecule has 1 aromatic carbocycles. The zero-order valence-electron chi connectivity index (χ0n) is 9.40. The average molecular weight is 299 g/mol. The van der Waals surface area contributed by atoms with Crippen molar-refractivity contribution >= 4 is 15.9 Å². The van der Waals surface area contributed by atoms with Crippen LogP contribution >= 0.6 is 15.9 Å². The third-order valence-corrected chi connectivity index (χ3v) is 5.19. The minimum absolute atomic E-state index is 0.0745. The number of aromatic hydroxyl groups is 1. The van der Waals surface area contributed by atoms with Crippen molar-refractivity contribution in [1.29, 1.82) is 0 Å². The molecule has 3 nitrogen and oxygen atoms in total. The van der Waals surface area contributed by atoms with Gasteiger partial charge < -0.3 is 14.9 Å². The largest absolute Gasteiger partial charge is 0.508 e. The Bertz CT molecular complexity index is 440. The van der Waals surface area contributed by atoms with Crippen molar-refractivity contribution in [2.24, 2.45) is 0 Å². The molecule has 17 heavy (non-hydrogen) atoms. The predicted molar refractivity (Wildman–Crippen MR) is 67.6 cm³/mol. The number of fused-ring (bicyclic) bond motifs is 1. The predicted octanol–water partition coefficient (Wildman–Crippen LogP) is 2.89. The monoisotopic (exact) mass is 298 g/mol. The Balaban J connectivity index is 2.06. The summed E-state index contributed by atoms with van der Waals surface area (Å²) in [6, 6.07) is 4.90. The normalized spacial score (nSPS) is 30.0. The number of alkyl halides is 1. The zero-order valence-corrected chi connectivity index (χ0v) is 11.0. The molecule has 2 N–H and O–H groups in total. The summed E-state index contributed by atoms with van der Waals surface area (Å²) in [4.78, 5) is -0.0745. The number of ether oxygens (including phenoxy) is 1. The SMILES string of the molecule is Oc1ccc2c(c1)OC1(CCCC1)C(Br)C2O. The third kappa shape index (κ3) is 1.66. The van der Waals surface area contributed by atoms with E-state index >= 15 is 0 Å². The number of benzene rings is 1. The topological polar surface area (TPSA) is 49.7 Å². The van der Waals surface area contributed by atoms with E-state index in [0.717, 1.165) is 31.2 Å². The second-order valence-corrected chi connectivity index (χ2v) is 5.93. The molecule has 0 radical (unpaired) electrons. The van der Waals surface area contributed by atoms with E-state index in [-0.39, 0.29) is 16.2 Å². The first-order chi connectivity index (χ1) is 8.12. The molecule has 0 amide bonds. The molecule has 2 atom stereocenters. The van der Waals surface area contributed by atoms with Gasteiger partial charge in [0, 0.05) is 11.6 Å². The van der Waals surface area contributed by atoms with Gasteiger partial charge in [-0.2, -0.15) is 0 Å². The molecular weight excluding hydrogens is 284 g/mol. The minimum Gasteiger partial charge on any atom is -0.508 e. The maximum Gasteiger partial charge on any atom is 0.129 e. The summed E-state index contributed by atoms with van der Waals surface area (Å²) >= 11 is 3.59. The number of phenolic OH excluding ortho intramolecular Hbond substituents is 1. The van der Waals surface area contributed by atoms with Gasteiger partial charge in [-0.1, -0.05) is 15.9 Å². The average Bonchev–Trinajstić information content (AvgIpc) is 2.75. The van der Waals surface area contributed by atoms with E-state index in [0.29, 0.717) is 5.75 Å². The van der Waals surface area contributed by atoms with Crippen LogP contribution in [0.1, 0.15) is 37.4 Å². The van der Waals surface area contributed by atoms with Crippen LogP contribution in [0.2, 0.25) is 0 Å². The number of halogens is 1. The summed E-state index contributed by atoms with van der Waals surface area (Å²) < 4.78 is 6.08. The van der Waals surface area contributed by atoms with Gasteiger partial charge in [-0.05, 0) is 37.8 Å². The van der Waals surface area contributed by atoms with Gasteiger partial charge in [0.2, 0.25) is 0 Å². The van der Waals surface area contributed by atoms with Crippen molar-refractivity contribution in [3.8, 4) is 11.5 Å². The number of aliphatic hydroxyl groups excluding tert-OH is 1. The van der Waals surface area contributed by atoms with Gasteiger partial charge in [0.25, 0.3) is 0 Å². The van der Waals surface area contributed by atoms with Gasteiger partial charge in [-0.15, -0.1) is 0 Å². The molecule has 0 bridgehead atoms. The molecule has 92 valence electrons. The Kier molecular flexibility index (Phi) is 2.60. The van der Waals surface area contributed by atoms with Gasteiger partial charge in [0.15, 0.2) is 0 Å². The zero-order chi connectivity index (χ0) is 12.0. The number of aliphatic hydroxyl groups is 1. The van der Waals surface area contributed by atoms with Crippen LogP contribution in [0, 0.1) is 0 Å². The second-order valence-electron chi connectivity index (χ2n) is 4.94. The van der Waals surface area contributed by atoms with E-state index in [1.807, 2.05) is 0 Å². The van der Waals surface area contributed by atoms with Crippen molar-refractivity contribution in [2.45, 2.75) is 42.2 Å². The van der Waals surface area contributed by atoms with Gasteiger partial charge in [0.1, 0.15) is 17.1 Å². The molecule has 1 saturated carbocycles. The first-order valence-corrected chi connectivity index (χ1v) is 6.88. The Morgan fingerprint density at radius 3 is 2.71 bits per heavy atom. The third-order valence-electron chi connectivity index (χ3n) is 3.86. The van der Waals surface area contributed by atoms with Crippen LogP contribution in [0.3, 0.4) is 0 Å². The van der Waals surface area contributed by atoms with Crippen LogP contribution in [0.15, 0.2) is 18.2 Å². The van der Waals surface area contributed by atoms with Crippen LogP contribution in [-0.4, -0.2) is 20.6 Å². The Hall–Kier alpha value is -0.740. The summed E-state index contributed by atoms with van der Waals surface area (Å²) in [6.45, 7) is 0. The molecular formula is C13H15BrO3. The Morgan fingerprint density at radius 2 is 2.00 bits per heavy atom. The van der Waals surface area contributed by atoms with Crippen LogP contribution in [0.25, 0.3) is 0 Å². The van der Waals surface area contributed by atoms with Crippen LogP contribution < -0.4 is 4.74 Å². The maximum atomic E-state index is 10.3. The number of rotatable bonds is 0. The second kappa shape index (κ2) is 3.89. The molecule has 1 fully saturated rings. The van der Waals surface area contributed by atoms with E-state index in [1.165, 1.54) is 0 Å². The highest BCUT2D eigenvalue weighted by Gasteiger charge is 2.49. The molecule has 1 aromatic rings. The smallest absolute Gasteiger partial charge is 0.129 e. The lowest BCUT2D eigenvalue weighted by Crippen LogP contribution is -2.48. The van der Waals surface area contributed by atoms with E-state index in [1.54, 1.807) is 18.2 Å². The summed E-state index contributed by atoms with van der Waals surface area (Å²) in [7, 11) is 0. The van der Waals surface area contributed by atoms with E-state index < -0.39 is 6.10 Å². The first kappa shape index (κ1) is 11.4. The molecule has 1 aliphatic heterocycles. The molecule has 0 aromatic heterocycles. The molecule has 2 aliphatic rings. The number of hydrogen-bond acceptors (Lipinski definition) is 3. The molecule has 2 unspecified atom stereocenters. The summed E-state index contributed by atoms with van der Waals surface area (Å²) in [6.07, 6.45) is 3.59. The summed E-state index contributed by atoms with van der Waals surface area (Å²) in [5, 5.41) is 19.8. The lowest BCUT2D eigenvalue weighted by atomic mass is 9.87. The lowest BCUT2D eigenvalue weighted by molar-refractivity contribution is 0.00123. The van der Waals surface area contributed by atoms with Crippen LogP contribution in [0.5, 0.6) is 11.5 Å². The fourth-order valence-electron chi connectivity index (χ4n) is 2.93. The highest BCUT2D eigenvalue weighted by molar-refractivity contribution is 9.09. The van der Waals surface area contributed by atoms with E-state index in [4.69, 9.17) is 4.74 Å². The Labute approximate surface area is 109 Å². The molecule has 1 spiro atoms. The fourth-order valence-corrected chi connectivity index (χ4v) is 3.76. The van der Waals surface area contributed by atoms with E-state index in [2.05, 4.69) is 15.9 Å². The molecule has 1 heterocycles. The Morgan fingerprint density at radius 1 is 1.29 bits per heavy atom. The van der Waals surface area contributed by atoms with Gasteiger partial charge in [-0.25, -0.2) is 0 Å². The first-order valence-electron chi connectivity index (χ1n) is 5.96. The van der Waals surface area contributed by atoms with Crippen LogP contribution in [0.4, 0.5) is 0 Å². The van der Waals surface area contributed by atoms with Crippen molar-refractivity contribution in [3.05, 3.63) is 23.8 Å². The standard InChI is InChI=1S/C13H15BrO3/c14-12-11(16)9-4-3-8(15)7-10(9)17-13(12)5-1-2-6-13/h3-4,7,11-12,15-16H,1-2,5-6H2. The number of phenols is 1. The highest BCUT2D eigenvalue weighted by Crippen LogP contribution is 2.50. The van der Waals surface area contributed by atoms with E-state index in [9.17, 15) is 10.2 Å². The fraction of sp³-hybridized carbons (Fsp3) is 0.538. The lowest BCUT2D eigenvalue weighted by Gasteiger charge is -2.42. The van der Waals surface area contributed by atoms with Gasteiger partial charge in [-0.3, -0.25) is 0 Å². The van der Waals surface area contributed by atoms with Crippen molar-refractivity contribution in [1.82, 2.24) is 0 Å². The van der Waals surface area contributed by atoms with Crippen molar-refractivity contribution in [3.63, 3.8) is 0 Å². The molecule has 3 rings (SSSR count). The maximum absolute atomic E-state index is 10.3. The number of hydrogen-bond donors (Lipinski definition) is 2. The summed E-state index contributed by atoms with van der Waals surface area (Å²) in [5.41, 5.74) is 0.447. The highest BCUT2D eigenvalue weighted by atomic mass is 79.9. The molecule has 0 saturated heterocycles. The van der Waals surface area contributed by atoms with Gasteiger partial charge >= 0.3 is 0 Å². The summed E-state index contributed by atoms with van der Waals surface area (Å²) in [5.74, 6) is 0.798. The molecule has 4 heteroatoms. The van der Waals surface area contributed by atoms with Crippen molar-refractivity contribution < 1.29 is 14.9 Å². The molecule has 1 aliphatic carbocycles. The van der Waals surface area contributed by atoms with Crippen LogP contribution in [-0.2, 0) is 0 Å².